The number of hydrogen-bond acceptors (Lipinski definition) is 1. The molecule has 1 heteroatoms. The third kappa shape index (κ3) is 4.17. The van der Waals surface area contributed by atoms with Crippen molar-refractivity contribution in [3.8, 4) is 33.5 Å². The van der Waals surface area contributed by atoms with Crippen LogP contribution in [0.2, 0.25) is 0 Å². The molecule has 0 saturated carbocycles. The molecule has 1 aromatic heterocycles. The van der Waals surface area contributed by atoms with Gasteiger partial charge in [0.2, 0.25) is 0 Å². The van der Waals surface area contributed by atoms with Crippen molar-refractivity contribution in [3.05, 3.63) is 139 Å². The molecule has 0 aliphatic heterocycles. The smallest absolute Gasteiger partial charge is 0.0780 e. The third-order valence-corrected chi connectivity index (χ3v) is 7.89. The van der Waals surface area contributed by atoms with E-state index in [2.05, 4.69) is 141 Å². The number of benzene rings is 6. The van der Waals surface area contributed by atoms with E-state index in [4.69, 9.17) is 4.98 Å². The van der Waals surface area contributed by atoms with Gasteiger partial charge in [-0.25, -0.2) is 0 Å². The molecule has 186 valence electrons. The lowest BCUT2D eigenvalue weighted by Gasteiger charge is -2.15. The first-order chi connectivity index (χ1) is 19.2. The molecule has 39 heavy (non-hydrogen) atoms. The average molecular weight is 500 g/mol. The van der Waals surface area contributed by atoms with E-state index in [1.807, 2.05) is 6.20 Å². The number of fused-ring (bicyclic) bond motifs is 5. The molecular weight excluding hydrogens is 470 g/mol. The predicted octanol–water partition coefficient (Wildman–Crippen LogP) is 10.7. The summed E-state index contributed by atoms with van der Waals surface area (Å²) in [5.41, 5.74) is 8.42. The van der Waals surface area contributed by atoms with Crippen LogP contribution in [0.25, 0.3) is 65.8 Å². The molecule has 1 heterocycles. The van der Waals surface area contributed by atoms with Gasteiger partial charge in [0, 0.05) is 17.1 Å². The molecule has 6 aromatic carbocycles. The summed E-state index contributed by atoms with van der Waals surface area (Å²) in [5.74, 6) is 0.412. The van der Waals surface area contributed by atoms with Gasteiger partial charge in [0.1, 0.15) is 0 Å². The van der Waals surface area contributed by atoms with Gasteiger partial charge in [-0.3, -0.25) is 4.98 Å². The van der Waals surface area contributed by atoms with Gasteiger partial charge in [-0.15, -0.1) is 0 Å². The molecule has 0 unspecified atom stereocenters. The first kappa shape index (κ1) is 23.4. The van der Waals surface area contributed by atoms with E-state index in [0.29, 0.717) is 5.92 Å². The van der Waals surface area contributed by atoms with E-state index < -0.39 is 0 Å². The SMILES string of the molecule is CC(C)c1cc(-c2ccc(-c3ccccc3)cc2)cc(-c2nccc3c2ccc2c4ccccc4ccc32)c1. The van der Waals surface area contributed by atoms with Gasteiger partial charge in [0.25, 0.3) is 0 Å². The second-order valence-corrected chi connectivity index (χ2v) is 10.6. The zero-order chi connectivity index (χ0) is 26.3. The van der Waals surface area contributed by atoms with Crippen LogP contribution in [0.5, 0.6) is 0 Å². The minimum Gasteiger partial charge on any atom is -0.256 e. The van der Waals surface area contributed by atoms with Crippen molar-refractivity contribution < 1.29 is 0 Å². The van der Waals surface area contributed by atoms with Gasteiger partial charge in [0.05, 0.1) is 5.69 Å². The molecule has 1 nitrogen and oxygen atoms in total. The maximum absolute atomic E-state index is 4.94. The van der Waals surface area contributed by atoms with E-state index in [0.717, 1.165) is 11.3 Å². The molecule has 7 rings (SSSR count). The lowest BCUT2D eigenvalue weighted by molar-refractivity contribution is 0.867. The molecule has 0 N–H and O–H groups in total. The van der Waals surface area contributed by atoms with Gasteiger partial charge in [-0.1, -0.05) is 123 Å². The zero-order valence-corrected chi connectivity index (χ0v) is 22.2. The van der Waals surface area contributed by atoms with Crippen LogP contribution in [0.3, 0.4) is 0 Å². The van der Waals surface area contributed by atoms with Crippen LogP contribution >= 0.6 is 0 Å². The fourth-order valence-corrected chi connectivity index (χ4v) is 5.76. The maximum Gasteiger partial charge on any atom is 0.0780 e. The molecule has 0 bridgehead atoms. The Hall–Kier alpha value is -4.75. The highest BCUT2D eigenvalue weighted by Gasteiger charge is 2.13. The van der Waals surface area contributed by atoms with Gasteiger partial charge in [-0.05, 0) is 78.9 Å². The summed E-state index contributed by atoms with van der Waals surface area (Å²) in [7, 11) is 0. The minimum absolute atomic E-state index is 0.412. The molecule has 0 spiro atoms. The summed E-state index contributed by atoms with van der Waals surface area (Å²) in [4.78, 5) is 4.94. The van der Waals surface area contributed by atoms with Gasteiger partial charge >= 0.3 is 0 Å². The average Bonchev–Trinajstić information content (AvgIpc) is 3.00. The zero-order valence-electron chi connectivity index (χ0n) is 22.2. The van der Waals surface area contributed by atoms with Crippen molar-refractivity contribution in [2.24, 2.45) is 0 Å². The second-order valence-electron chi connectivity index (χ2n) is 10.6. The van der Waals surface area contributed by atoms with E-state index >= 15 is 0 Å². The van der Waals surface area contributed by atoms with Crippen LogP contribution in [0.15, 0.2) is 134 Å². The fourth-order valence-electron chi connectivity index (χ4n) is 5.76. The first-order valence-electron chi connectivity index (χ1n) is 13.7. The lowest BCUT2D eigenvalue weighted by Crippen LogP contribution is -1.93. The summed E-state index contributed by atoms with van der Waals surface area (Å²) >= 11 is 0. The van der Waals surface area contributed by atoms with Gasteiger partial charge < -0.3 is 0 Å². The lowest BCUT2D eigenvalue weighted by atomic mass is 9.91. The molecule has 0 saturated heterocycles. The molecule has 0 aliphatic carbocycles. The molecule has 0 aliphatic rings. The largest absolute Gasteiger partial charge is 0.256 e. The van der Waals surface area contributed by atoms with Crippen LogP contribution in [0.1, 0.15) is 25.3 Å². The van der Waals surface area contributed by atoms with Crippen molar-refractivity contribution in [1.29, 1.82) is 0 Å². The molecule has 7 aromatic rings. The van der Waals surface area contributed by atoms with E-state index in [1.54, 1.807) is 0 Å². The number of rotatable bonds is 4. The Morgan fingerprint density at radius 1 is 0.436 bits per heavy atom. The summed E-state index contributed by atoms with van der Waals surface area (Å²) in [6, 6.07) is 46.2. The minimum atomic E-state index is 0.412. The molecule has 0 radical (unpaired) electrons. The van der Waals surface area contributed by atoms with E-state index in [1.165, 1.54) is 60.1 Å². The van der Waals surface area contributed by atoms with Gasteiger partial charge in [0.15, 0.2) is 0 Å². The summed E-state index contributed by atoms with van der Waals surface area (Å²) in [5, 5.41) is 7.54. The first-order valence-corrected chi connectivity index (χ1v) is 13.7. The number of aromatic nitrogens is 1. The number of hydrogen-bond donors (Lipinski definition) is 0. The quantitative estimate of drug-likeness (QED) is 0.219. The van der Waals surface area contributed by atoms with Crippen LogP contribution in [0.4, 0.5) is 0 Å². The molecule has 0 atom stereocenters. The highest BCUT2D eigenvalue weighted by Crippen LogP contribution is 2.37. The standard InChI is InChI=1S/C38H29N/c1-25(2)30-22-31(28-14-12-27(13-15-28)26-8-4-3-5-9-26)24-32(23-30)38-37-19-18-34-33-11-7-6-10-29(33)16-17-35(34)36(37)20-21-39-38/h3-25H,1-2H3. The van der Waals surface area contributed by atoms with Crippen molar-refractivity contribution in [3.63, 3.8) is 0 Å². The van der Waals surface area contributed by atoms with Crippen molar-refractivity contribution in [2.75, 3.05) is 0 Å². The highest BCUT2D eigenvalue weighted by molar-refractivity contribution is 6.18. The normalized spacial score (nSPS) is 11.6. The Morgan fingerprint density at radius 3 is 1.82 bits per heavy atom. The third-order valence-electron chi connectivity index (χ3n) is 7.89. The maximum atomic E-state index is 4.94. The second kappa shape index (κ2) is 9.53. The molecule has 0 fully saturated rings. The van der Waals surface area contributed by atoms with Crippen molar-refractivity contribution in [1.82, 2.24) is 4.98 Å². The Kier molecular flexibility index (Phi) is 5.71. The van der Waals surface area contributed by atoms with E-state index in [9.17, 15) is 0 Å². The Balaban J connectivity index is 1.38. The van der Waals surface area contributed by atoms with Crippen molar-refractivity contribution >= 4 is 32.3 Å². The number of nitrogens with zero attached hydrogens (tertiary/aromatic N) is 1. The number of pyridine rings is 1. The Morgan fingerprint density at radius 2 is 1.03 bits per heavy atom. The summed E-state index contributed by atoms with van der Waals surface area (Å²) in [6.45, 7) is 4.52. The topological polar surface area (TPSA) is 12.9 Å². The monoisotopic (exact) mass is 499 g/mol. The Bertz CT molecular complexity index is 1970. The van der Waals surface area contributed by atoms with Crippen LogP contribution in [0, 0.1) is 0 Å². The van der Waals surface area contributed by atoms with Crippen LogP contribution in [-0.2, 0) is 0 Å². The van der Waals surface area contributed by atoms with E-state index in [-0.39, 0.29) is 0 Å². The van der Waals surface area contributed by atoms with Crippen LogP contribution in [-0.4, -0.2) is 4.98 Å². The predicted molar refractivity (Wildman–Crippen MR) is 167 cm³/mol. The molecule has 0 amide bonds. The highest BCUT2D eigenvalue weighted by atomic mass is 14.7. The summed E-state index contributed by atoms with van der Waals surface area (Å²) < 4.78 is 0. The summed E-state index contributed by atoms with van der Waals surface area (Å²) in [6.07, 6.45) is 1.96. The fraction of sp³-hybridized carbons (Fsp3) is 0.0789. The Labute approximate surface area is 229 Å². The van der Waals surface area contributed by atoms with Crippen molar-refractivity contribution in [2.45, 2.75) is 19.8 Å². The van der Waals surface area contributed by atoms with Crippen LogP contribution < -0.4 is 0 Å². The van der Waals surface area contributed by atoms with Gasteiger partial charge in [-0.2, -0.15) is 0 Å². The molecular formula is C38H29N.